The minimum Gasteiger partial charge on any atom is -0.497 e. The third kappa shape index (κ3) is 4.17. The summed E-state index contributed by atoms with van der Waals surface area (Å²) in [7, 11) is 1.61. The quantitative estimate of drug-likeness (QED) is 0.312. The number of imide groups is 1. The second kappa shape index (κ2) is 10.1. The largest absolute Gasteiger partial charge is 0.497 e. The van der Waals surface area contributed by atoms with Crippen LogP contribution in [0, 0.1) is 0 Å². The number of fused-ring (bicyclic) bond motifs is 4. The Morgan fingerprint density at radius 3 is 2.56 bits per heavy atom. The lowest BCUT2D eigenvalue weighted by Gasteiger charge is -2.36. The van der Waals surface area contributed by atoms with Crippen molar-refractivity contribution in [3.05, 3.63) is 95.2 Å². The van der Waals surface area contributed by atoms with Gasteiger partial charge in [-0.1, -0.05) is 61.7 Å². The van der Waals surface area contributed by atoms with E-state index in [0.29, 0.717) is 23.4 Å². The molecule has 1 aromatic heterocycles. The van der Waals surface area contributed by atoms with Crippen molar-refractivity contribution in [2.45, 2.75) is 56.7 Å². The number of anilines is 1. The highest BCUT2D eigenvalue weighted by Gasteiger charge is 2.53. The zero-order valence-electron chi connectivity index (χ0n) is 22.9. The van der Waals surface area contributed by atoms with E-state index in [9.17, 15) is 14.4 Å². The molecular formula is C33H32N4O4. The average Bonchev–Trinajstić information content (AvgIpc) is 3.50. The summed E-state index contributed by atoms with van der Waals surface area (Å²) in [5.74, 6) is 0.0946. The number of methoxy groups -OCH3 is 1. The molecule has 0 bridgehead atoms. The van der Waals surface area contributed by atoms with Gasteiger partial charge in [0.2, 0.25) is 0 Å². The number of carbonyl (C=O) groups excluding carboxylic acids is 3. The molecule has 4 amide bonds. The number of H-pyrrole nitrogens is 1. The summed E-state index contributed by atoms with van der Waals surface area (Å²) in [5.41, 5.74) is 4.38. The van der Waals surface area contributed by atoms with Crippen LogP contribution in [0.1, 0.15) is 65.3 Å². The molecule has 2 unspecified atom stereocenters. The zero-order chi connectivity index (χ0) is 28.1. The van der Waals surface area contributed by atoms with Gasteiger partial charge in [-0.25, -0.2) is 9.69 Å². The van der Waals surface area contributed by atoms with E-state index in [1.54, 1.807) is 36.3 Å². The van der Waals surface area contributed by atoms with Crippen LogP contribution in [0.3, 0.4) is 0 Å². The number of para-hydroxylation sites is 2. The summed E-state index contributed by atoms with van der Waals surface area (Å²) in [6.45, 7) is 0. The first-order valence-corrected chi connectivity index (χ1v) is 14.3. The Hall–Kier alpha value is -4.59. The minimum atomic E-state index is -0.708. The van der Waals surface area contributed by atoms with E-state index >= 15 is 0 Å². The van der Waals surface area contributed by atoms with E-state index < -0.39 is 18.1 Å². The summed E-state index contributed by atoms with van der Waals surface area (Å²) < 4.78 is 5.51. The summed E-state index contributed by atoms with van der Waals surface area (Å²) in [6.07, 6.45) is 5.64. The number of hydrogen-bond acceptors (Lipinski definition) is 4. The first-order valence-electron chi connectivity index (χ1n) is 14.3. The second-order valence-electron chi connectivity index (χ2n) is 11.2. The molecule has 1 aliphatic carbocycles. The lowest BCUT2D eigenvalue weighted by Crippen LogP contribution is -2.44. The molecule has 8 heteroatoms. The fourth-order valence-electron chi connectivity index (χ4n) is 6.83. The summed E-state index contributed by atoms with van der Waals surface area (Å²) in [4.78, 5) is 48.4. The molecule has 3 aromatic carbocycles. The minimum absolute atomic E-state index is 0.108. The third-order valence-corrected chi connectivity index (χ3v) is 8.79. The highest BCUT2D eigenvalue weighted by Crippen LogP contribution is 2.45. The van der Waals surface area contributed by atoms with Crippen molar-refractivity contribution in [1.82, 2.24) is 15.2 Å². The maximum atomic E-state index is 14.3. The van der Waals surface area contributed by atoms with Gasteiger partial charge < -0.3 is 15.0 Å². The highest BCUT2D eigenvalue weighted by atomic mass is 16.5. The Kier molecular flexibility index (Phi) is 6.26. The van der Waals surface area contributed by atoms with Crippen molar-refractivity contribution in [3.8, 4) is 5.75 Å². The Morgan fingerprint density at radius 1 is 0.951 bits per heavy atom. The molecule has 208 valence electrons. The monoisotopic (exact) mass is 548 g/mol. The molecular weight excluding hydrogens is 516 g/mol. The molecule has 41 heavy (non-hydrogen) atoms. The van der Waals surface area contributed by atoms with E-state index in [-0.39, 0.29) is 17.9 Å². The van der Waals surface area contributed by atoms with Gasteiger partial charge in [0.1, 0.15) is 17.8 Å². The van der Waals surface area contributed by atoms with Gasteiger partial charge in [0, 0.05) is 29.1 Å². The Morgan fingerprint density at radius 2 is 1.73 bits per heavy atom. The number of nitrogens with one attached hydrogen (secondary N) is 2. The zero-order valence-corrected chi connectivity index (χ0v) is 22.9. The highest BCUT2D eigenvalue weighted by molar-refractivity contribution is 6.24. The van der Waals surface area contributed by atoms with Gasteiger partial charge in [0.25, 0.3) is 11.8 Å². The molecule has 0 spiro atoms. The number of nitrogens with zero attached hydrogens (tertiary/aromatic N) is 2. The van der Waals surface area contributed by atoms with Crippen molar-refractivity contribution in [3.63, 3.8) is 0 Å². The van der Waals surface area contributed by atoms with Gasteiger partial charge in [0.05, 0.1) is 18.4 Å². The number of aromatic nitrogens is 1. The van der Waals surface area contributed by atoms with E-state index in [2.05, 4.69) is 10.3 Å². The number of amides is 4. The first kappa shape index (κ1) is 25.4. The van der Waals surface area contributed by atoms with Crippen LogP contribution in [0.5, 0.6) is 5.75 Å². The van der Waals surface area contributed by atoms with Gasteiger partial charge >= 0.3 is 6.03 Å². The lowest BCUT2D eigenvalue weighted by atomic mass is 9.89. The van der Waals surface area contributed by atoms with Gasteiger partial charge in [-0.15, -0.1) is 0 Å². The fraction of sp³-hybridized carbons (Fsp3) is 0.303. The van der Waals surface area contributed by atoms with E-state index in [1.807, 2.05) is 48.5 Å². The van der Waals surface area contributed by atoms with E-state index in [1.165, 1.54) is 11.3 Å². The maximum absolute atomic E-state index is 14.3. The fourth-order valence-corrected chi connectivity index (χ4v) is 6.83. The van der Waals surface area contributed by atoms with Crippen molar-refractivity contribution < 1.29 is 19.1 Å². The summed E-state index contributed by atoms with van der Waals surface area (Å²) in [6, 6.07) is 21.0. The van der Waals surface area contributed by atoms with Crippen molar-refractivity contribution in [1.29, 1.82) is 0 Å². The van der Waals surface area contributed by atoms with Crippen molar-refractivity contribution in [2.24, 2.45) is 0 Å². The van der Waals surface area contributed by atoms with Crippen LogP contribution in [0.25, 0.3) is 10.9 Å². The number of aromatic amines is 1. The molecule has 1 saturated heterocycles. The van der Waals surface area contributed by atoms with Gasteiger partial charge in [-0.3, -0.25) is 14.5 Å². The van der Waals surface area contributed by atoms with Crippen LogP contribution in [-0.4, -0.2) is 46.9 Å². The number of benzene rings is 3. The molecule has 2 fully saturated rings. The molecule has 0 radical (unpaired) electrons. The average molecular weight is 549 g/mol. The van der Waals surface area contributed by atoms with E-state index in [4.69, 9.17) is 4.74 Å². The Labute approximate surface area is 238 Å². The summed E-state index contributed by atoms with van der Waals surface area (Å²) in [5, 5.41) is 4.19. The molecule has 2 aliphatic heterocycles. The Bertz CT molecular complexity index is 1670. The maximum Gasteiger partial charge on any atom is 0.332 e. The third-order valence-electron chi connectivity index (χ3n) is 8.79. The SMILES string of the molecule is COc1cccc(C2c3[nH]c4ccccc4c3CC3C(=O)N(c4ccccc4C(=O)NC4CCCCC4)C(=O)N32)c1. The molecule has 1 saturated carbocycles. The number of hydrogen-bond donors (Lipinski definition) is 2. The second-order valence-corrected chi connectivity index (χ2v) is 11.2. The van der Waals surface area contributed by atoms with Crippen molar-refractivity contribution >= 4 is 34.4 Å². The number of ether oxygens (including phenoxy) is 1. The molecule has 3 aliphatic rings. The smallest absolute Gasteiger partial charge is 0.332 e. The predicted molar refractivity (Wildman–Crippen MR) is 156 cm³/mol. The molecule has 2 N–H and O–H groups in total. The van der Waals surface area contributed by atoms with Gasteiger partial charge in [-0.2, -0.15) is 0 Å². The van der Waals surface area contributed by atoms with Gasteiger partial charge in [0.15, 0.2) is 0 Å². The Balaban J connectivity index is 1.31. The molecule has 8 nitrogen and oxygen atoms in total. The van der Waals surface area contributed by atoms with Crippen LogP contribution in [0.4, 0.5) is 10.5 Å². The molecule has 3 heterocycles. The normalized spacial score (nSPS) is 20.7. The number of carbonyl (C=O) groups is 3. The number of rotatable bonds is 5. The van der Waals surface area contributed by atoms with Crippen LogP contribution in [-0.2, 0) is 11.2 Å². The topological polar surface area (TPSA) is 94.7 Å². The first-order chi connectivity index (χ1) is 20.0. The lowest BCUT2D eigenvalue weighted by molar-refractivity contribution is -0.120. The van der Waals surface area contributed by atoms with Crippen LogP contribution in [0.15, 0.2) is 72.8 Å². The van der Waals surface area contributed by atoms with Crippen LogP contribution < -0.4 is 15.0 Å². The van der Waals surface area contributed by atoms with E-state index in [0.717, 1.165) is 53.4 Å². The standard InChI is InChI=1S/C33H32N4O4/c1-41-22-13-9-10-20(18-22)30-29-25(23-14-5-7-16-26(23)35-29)19-28-32(39)37(33(40)36(28)30)27-17-8-6-15-24(27)31(38)34-21-11-3-2-4-12-21/h5-10,13-18,21,28,30,35H,2-4,11-12,19H2,1H3,(H,34,38). The van der Waals surface area contributed by atoms with Crippen LogP contribution >= 0.6 is 0 Å². The number of urea groups is 1. The molecule has 7 rings (SSSR count). The van der Waals surface area contributed by atoms with Crippen LogP contribution in [0.2, 0.25) is 0 Å². The van der Waals surface area contributed by atoms with Gasteiger partial charge in [-0.05, 0) is 54.3 Å². The molecule has 4 aromatic rings. The van der Waals surface area contributed by atoms with Crippen molar-refractivity contribution in [2.75, 3.05) is 12.0 Å². The predicted octanol–water partition coefficient (Wildman–Crippen LogP) is 5.72. The molecule has 2 atom stereocenters. The summed E-state index contributed by atoms with van der Waals surface area (Å²) >= 11 is 0.